The Morgan fingerprint density at radius 3 is 1.62 bits per heavy atom. The van der Waals surface area contributed by atoms with Crippen LogP contribution in [0.2, 0.25) is 0 Å². The molecule has 2 aromatic carbocycles. The Morgan fingerprint density at radius 1 is 0.769 bits per heavy atom. The molecule has 2 atom stereocenters. The topological polar surface area (TPSA) is 43.2 Å². The van der Waals surface area contributed by atoms with E-state index in [1.807, 2.05) is 12.1 Å². The largest absolute Gasteiger partial charge is 0.478 e. The highest BCUT2D eigenvalue weighted by Crippen LogP contribution is 2.21. The van der Waals surface area contributed by atoms with Gasteiger partial charge in [-0.3, -0.25) is 0 Å². The number of aliphatic imine (C=N–C) groups is 2. The number of nitrogens with zero attached hydrogens (tertiary/aromatic N) is 2. The van der Waals surface area contributed by atoms with Crippen molar-refractivity contribution < 1.29 is 9.47 Å². The van der Waals surface area contributed by atoms with Gasteiger partial charge >= 0.3 is 0 Å². The van der Waals surface area contributed by atoms with Gasteiger partial charge in [-0.15, -0.1) is 0 Å². The van der Waals surface area contributed by atoms with E-state index >= 15 is 0 Å². The van der Waals surface area contributed by atoms with Gasteiger partial charge in [0.15, 0.2) is 11.8 Å². The number of benzene rings is 2. The molecule has 4 heteroatoms. The zero-order chi connectivity index (χ0) is 17.8. The van der Waals surface area contributed by atoms with Gasteiger partial charge in [0, 0.05) is 0 Å². The van der Waals surface area contributed by atoms with Gasteiger partial charge in [0.2, 0.25) is 0 Å². The van der Waals surface area contributed by atoms with Crippen molar-refractivity contribution in [2.75, 3.05) is 13.2 Å². The van der Waals surface area contributed by atoms with E-state index in [0.29, 0.717) is 13.2 Å². The molecule has 0 radical (unpaired) electrons. The zero-order valence-electron chi connectivity index (χ0n) is 15.0. The van der Waals surface area contributed by atoms with Crippen LogP contribution in [0.3, 0.4) is 0 Å². The normalized spacial score (nSPS) is 23.0. The van der Waals surface area contributed by atoms with Crippen molar-refractivity contribution in [2.24, 2.45) is 15.9 Å². The molecule has 2 aromatic rings. The Labute approximate surface area is 154 Å². The molecule has 134 valence electrons. The van der Waals surface area contributed by atoms with E-state index in [1.165, 1.54) is 11.1 Å². The maximum absolute atomic E-state index is 5.85. The minimum atomic E-state index is -0.0171. The molecule has 0 saturated carbocycles. The smallest absolute Gasteiger partial charge is 0.196 e. The maximum Gasteiger partial charge on any atom is 0.196 e. The van der Waals surface area contributed by atoms with E-state index in [0.717, 1.165) is 24.6 Å². The molecule has 2 aliphatic rings. The summed E-state index contributed by atoms with van der Waals surface area (Å²) >= 11 is 0. The summed E-state index contributed by atoms with van der Waals surface area (Å²) in [6.45, 7) is 3.33. The molecular formula is C22H24N2O2. The quantitative estimate of drug-likeness (QED) is 0.799. The Hall–Kier alpha value is -2.62. The first-order valence-electron chi connectivity index (χ1n) is 9.27. The van der Waals surface area contributed by atoms with Crippen LogP contribution in [-0.4, -0.2) is 37.1 Å². The molecule has 0 amide bonds. The monoisotopic (exact) mass is 348 g/mol. The van der Waals surface area contributed by atoms with Crippen molar-refractivity contribution in [1.82, 2.24) is 0 Å². The number of hydrogen-bond donors (Lipinski definition) is 0. The van der Waals surface area contributed by atoms with Gasteiger partial charge in [-0.05, 0) is 30.9 Å². The predicted molar refractivity (Wildman–Crippen MR) is 104 cm³/mol. The fraction of sp³-hybridized carbons (Fsp3) is 0.364. The third-order valence-electron chi connectivity index (χ3n) is 4.84. The van der Waals surface area contributed by atoms with Gasteiger partial charge in [0.25, 0.3) is 0 Å². The van der Waals surface area contributed by atoms with Crippen LogP contribution in [0, 0.1) is 5.92 Å². The van der Waals surface area contributed by atoms with Crippen molar-refractivity contribution in [2.45, 2.75) is 31.8 Å². The fourth-order valence-corrected chi connectivity index (χ4v) is 3.43. The summed E-state index contributed by atoms with van der Waals surface area (Å²) in [7, 11) is 0. The number of ether oxygens (including phenoxy) is 2. The molecule has 0 fully saturated rings. The minimum Gasteiger partial charge on any atom is -0.478 e. The predicted octanol–water partition coefficient (Wildman–Crippen LogP) is 3.70. The van der Waals surface area contributed by atoms with E-state index in [4.69, 9.17) is 19.5 Å². The molecule has 2 aliphatic heterocycles. The van der Waals surface area contributed by atoms with Gasteiger partial charge in [-0.1, -0.05) is 60.7 Å². The molecule has 4 nitrogen and oxygen atoms in total. The first kappa shape index (κ1) is 16.8. The molecule has 0 bridgehead atoms. The number of rotatable bonds is 6. The average Bonchev–Trinajstić information content (AvgIpc) is 3.33. The zero-order valence-corrected chi connectivity index (χ0v) is 15.0. The summed E-state index contributed by atoms with van der Waals surface area (Å²) in [5.74, 6) is 1.49. The van der Waals surface area contributed by atoms with Crippen molar-refractivity contribution in [1.29, 1.82) is 0 Å². The fourth-order valence-electron chi connectivity index (χ4n) is 3.43. The van der Waals surface area contributed by atoms with Crippen molar-refractivity contribution >= 4 is 11.8 Å². The maximum atomic E-state index is 5.85. The van der Waals surface area contributed by atoms with E-state index in [9.17, 15) is 0 Å². The summed E-state index contributed by atoms with van der Waals surface area (Å²) in [5, 5.41) is 0. The highest BCUT2D eigenvalue weighted by Gasteiger charge is 2.31. The Balaban J connectivity index is 1.37. The summed E-state index contributed by atoms with van der Waals surface area (Å²) in [6.07, 6.45) is 1.81. The summed E-state index contributed by atoms with van der Waals surface area (Å²) in [6, 6.07) is 21.2. The Bertz CT molecular complexity index is 719. The van der Waals surface area contributed by atoms with Crippen LogP contribution < -0.4 is 0 Å². The van der Waals surface area contributed by atoms with Crippen LogP contribution in [-0.2, 0) is 22.3 Å². The van der Waals surface area contributed by atoms with Crippen molar-refractivity contribution in [3.05, 3.63) is 71.8 Å². The second kappa shape index (κ2) is 7.73. The number of hydrogen-bond acceptors (Lipinski definition) is 4. The average molecular weight is 348 g/mol. The summed E-state index contributed by atoms with van der Waals surface area (Å²) in [4.78, 5) is 9.54. The van der Waals surface area contributed by atoms with Crippen LogP contribution in [0.4, 0.5) is 0 Å². The van der Waals surface area contributed by atoms with Gasteiger partial charge in [-0.2, -0.15) is 0 Å². The highest BCUT2D eigenvalue weighted by atomic mass is 16.5. The lowest BCUT2D eigenvalue weighted by Crippen LogP contribution is -2.21. The Morgan fingerprint density at radius 2 is 1.19 bits per heavy atom. The molecule has 0 aliphatic carbocycles. The molecule has 0 N–H and O–H groups in total. The molecule has 0 saturated heterocycles. The van der Waals surface area contributed by atoms with Crippen molar-refractivity contribution in [3.8, 4) is 0 Å². The molecule has 4 rings (SSSR count). The van der Waals surface area contributed by atoms with Crippen LogP contribution in [0.1, 0.15) is 18.1 Å². The third kappa shape index (κ3) is 3.96. The third-order valence-corrected chi connectivity index (χ3v) is 4.84. The SMILES string of the molecule is CC(C1=NC(Cc2ccccc2)CO1)C1=NC(Cc2ccccc2)CO1. The minimum absolute atomic E-state index is 0.0171. The summed E-state index contributed by atoms with van der Waals surface area (Å²) in [5.41, 5.74) is 2.58. The molecule has 0 spiro atoms. The lowest BCUT2D eigenvalue weighted by atomic mass is 10.1. The van der Waals surface area contributed by atoms with Gasteiger partial charge in [0.1, 0.15) is 19.1 Å². The van der Waals surface area contributed by atoms with Crippen LogP contribution >= 0.6 is 0 Å². The lowest BCUT2D eigenvalue weighted by Gasteiger charge is -2.10. The lowest BCUT2D eigenvalue weighted by molar-refractivity contribution is 0.285. The highest BCUT2D eigenvalue weighted by molar-refractivity contribution is 6.01. The van der Waals surface area contributed by atoms with Gasteiger partial charge in [-0.25, -0.2) is 9.98 Å². The van der Waals surface area contributed by atoms with Crippen LogP contribution in [0.15, 0.2) is 70.6 Å². The second-order valence-corrected chi connectivity index (χ2v) is 6.97. The Kier molecular flexibility index (Phi) is 5.00. The van der Waals surface area contributed by atoms with Crippen LogP contribution in [0.25, 0.3) is 0 Å². The van der Waals surface area contributed by atoms with Crippen molar-refractivity contribution in [3.63, 3.8) is 0 Å². The standard InChI is InChI=1S/C22H24N2O2/c1-16(21-23-19(14-25-21)12-17-8-4-2-5-9-17)22-24-20(15-26-22)13-18-10-6-3-7-11-18/h2-11,16,19-20H,12-15H2,1H3. The second-order valence-electron chi connectivity index (χ2n) is 6.97. The molecule has 0 aromatic heterocycles. The molecule has 26 heavy (non-hydrogen) atoms. The van der Waals surface area contributed by atoms with E-state index < -0.39 is 0 Å². The van der Waals surface area contributed by atoms with E-state index in [1.54, 1.807) is 0 Å². The molecule has 2 heterocycles. The van der Waals surface area contributed by atoms with E-state index in [-0.39, 0.29) is 18.0 Å². The van der Waals surface area contributed by atoms with Gasteiger partial charge in [0.05, 0.1) is 12.1 Å². The summed E-state index contributed by atoms with van der Waals surface area (Å²) < 4.78 is 11.7. The van der Waals surface area contributed by atoms with E-state index in [2.05, 4.69) is 55.5 Å². The first-order chi connectivity index (χ1) is 12.8. The first-order valence-corrected chi connectivity index (χ1v) is 9.27. The van der Waals surface area contributed by atoms with Crippen LogP contribution in [0.5, 0.6) is 0 Å². The van der Waals surface area contributed by atoms with Gasteiger partial charge < -0.3 is 9.47 Å². The molecular weight excluding hydrogens is 324 g/mol. The molecule has 2 unspecified atom stereocenters.